The highest BCUT2D eigenvalue weighted by molar-refractivity contribution is 7.99. The summed E-state index contributed by atoms with van der Waals surface area (Å²) in [4.78, 5) is 12.2. The summed E-state index contributed by atoms with van der Waals surface area (Å²) in [6.07, 6.45) is 1.59. The van der Waals surface area contributed by atoms with Gasteiger partial charge in [-0.1, -0.05) is 23.4 Å². The van der Waals surface area contributed by atoms with Crippen molar-refractivity contribution >= 4 is 34.2 Å². The van der Waals surface area contributed by atoms with Gasteiger partial charge in [0.25, 0.3) is 0 Å². The van der Waals surface area contributed by atoms with Crippen LogP contribution in [0, 0.1) is 20.8 Å². The molecule has 27 heavy (non-hydrogen) atoms. The third kappa shape index (κ3) is 3.42. The summed E-state index contributed by atoms with van der Waals surface area (Å²) in [5, 5.41) is 13.4. The van der Waals surface area contributed by atoms with E-state index in [0.717, 1.165) is 33.0 Å². The van der Waals surface area contributed by atoms with Crippen molar-refractivity contribution in [1.29, 1.82) is 0 Å². The van der Waals surface area contributed by atoms with Crippen molar-refractivity contribution in [2.75, 3.05) is 5.75 Å². The molecule has 1 N–H and O–H groups in total. The van der Waals surface area contributed by atoms with Crippen molar-refractivity contribution in [2.24, 2.45) is 0 Å². The summed E-state index contributed by atoms with van der Waals surface area (Å²) in [5.74, 6) is 0.925. The first-order valence-electron chi connectivity index (χ1n) is 8.70. The van der Waals surface area contributed by atoms with E-state index in [0.29, 0.717) is 6.54 Å². The van der Waals surface area contributed by atoms with Crippen molar-refractivity contribution in [3.63, 3.8) is 0 Å². The molecule has 0 aliphatic rings. The smallest absolute Gasteiger partial charge is 0.230 e. The molecule has 0 saturated carbocycles. The average Bonchev–Trinajstić information content (AvgIpc) is 3.27. The van der Waals surface area contributed by atoms with Crippen LogP contribution in [-0.2, 0) is 11.3 Å². The molecule has 0 spiro atoms. The van der Waals surface area contributed by atoms with Gasteiger partial charge in [-0.3, -0.25) is 9.20 Å². The van der Waals surface area contributed by atoms with Gasteiger partial charge >= 0.3 is 0 Å². The quantitative estimate of drug-likeness (QED) is 0.533. The summed E-state index contributed by atoms with van der Waals surface area (Å²) < 4.78 is 7.29. The van der Waals surface area contributed by atoms with E-state index in [-0.39, 0.29) is 11.7 Å². The Morgan fingerprint density at radius 1 is 1.19 bits per heavy atom. The Balaban J connectivity index is 1.61. The lowest BCUT2D eigenvalue weighted by atomic mass is 10.1. The van der Waals surface area contributed by atoms with Crippen LogP contribution in [0.3, 0.4) is 0 Å². The standard InChI is InChI=1S/C20H20N4O2S/c1-12-7-13(2)18-15(8-12)9-14(3)19-22-23-20(24(18)19)27-11-17(25)21-10-16-5-4-6-26-16/h4-9H,10-11H2,1-3H3,(H,21,25). The van der Waals surface area contributed by atoms with Gasteiger partial charge in [0.2, 0.25) is 5.91 Å². The topological polar surface area (TPSA) is 72.4 Å². The van der Waals surface area contributed by atoms with Gasteiger partial charge in [0.15, 0.2) is 10.8 Å². The molecule has 3 heterocycles. The Labute approximate surface area is 161 Å². The molecule has 0 unspecified atom stereocenters. The first-order chi connectivity index (χ1) is 13.0. The van der Waals surface area contributed by atoms with Crippen LogP contribution in [0.4, 0.5) is 0 Å². The van der Waals surface area contributed by atoms with Gasteiger partial charge in [0.1, 0.15) is 5.76 Å². The fourth-order valence-corrected chi connectivity index (χ4v) is 4.07. The normalized spacial score (nSPS) is 11.4. The monoisotopic (exact) mass is 380 g/mol. The molecule has 7 heteroatoms. The Kier molecular flexibility index (Phi) is 4.61. The largest absolute Gasteiger partial charge is 0.467 e. The van der Waals surface area contributed by atoms with E-state index in [4.69, 9.17) is 4.42 Å². The predicted octanol–water partition coefficient (Wildman–Crippen LogP) is 3.81. The third-order valence-corrected chi connectivity index (χ3v) is 5.36. The molecule has 0 radical (unpaired) electrons. The molecular weight excluding hydrogens is 360 g/mol. The predicted molar refractivity (Wildman–Crippen MR) is 106 cm³/mol. The number of rotatable bonds is 5. The number of nitrogens with one attached hydrogen (secondary N) is 1. The van der Waals surface area contributed by atoms with E-state index in [2.05, 4.69) is 52.0 Å². The van der Waals surface area contributed by atoms with Crippen LogP contribution in [-0.4, -0.2) is 26.3 Å². The van der Waals surface area contributed by atoms with Crippen LogP contribution in [0.1, 0.15) is 22.5 Å². The van der Waals surface area contributed by atoms with Crippen molar-refractivity contribution < 1.29 is 9.21 Å². The maximum atomic E-state index is 12.2. The minimum absolute atomic E-state index is 0.0716. The Morgan fingerprint density at radius 3 is 2.81 bits per heavy atom. The number of hydrogen-bond acceptors (Lipinski definition) is 5. The molecule has 1 amide bonds. The number of benzene rings is 1. The van der Waals surface area contributed by atoms with Gasteiger partial charge in [-0.2, -0.15) is 0 Å². The van der Waals surface area contributed by atoms with Gasteiger partial charge in [-0.15, -0.1) is 10.2 Å². The molecule has 138 valence electrons. The molecular formula is C20H20N4O2S. The second-order valence-electron chi connectivity index (χ2n) is 6.63. The molecule has 0 atom stereocenters. The number of pyridine rings is 1. The third-order valence-electron chi connectivity index (χ3n) is 4.43. The summed E-state index contributed by atoms with van der Waals surface area (Å²) >= 11 is 1.39. The van der Waals surface area contributed by atoms with Gasteiger partial charge in [0, 0.05) is 0 Å². The summed E-state index contributed by atoms with van der Waals surface area (Å²) in [6, 6.07) is 10.1. The van der Waals surface area contributed by atoms with Crippen LogP contribution in [0.25, 0.3) is 16.6 Å². The maximum absolute atomic E-state index is 12.2. The maximum Gasteiger partial charge on any atom is 0.230 e. The number of carbonyl (C=O) groups is 1. The van der Waals surface area contributed by atoms with Gasteiger partial charge in [0.05, 0.1) is 24.1 Å². The van der Waals surface area contributed by atoms with E-state index < -0.39 is 0 Å². The summed E-state index contributed by atoms with van der Waals surface area (Å²) in [5.41, 5.74) is 5.36. The first kappa shape index (κ1) is 17.6. The second-order valence-corrected chi connectivity index (χ2v) is 7.58. The van der Waals surface area contributed by atoms with E-state index in [9.17, 15) is 4.79 Å². The zero-order valence-corrected chi connectivity index (χ0v) is 16.3. The van der Waals surface area contributed by atoms with Crippen molar-refractivity contribution in [3.05, 3.63) is 59.0 Å². The number of amides is 1. The number of aromatic nitrogens is 3. The molecule has 0 fully saturated rings. The number of fused-ring (bicyclic) bond motifs is 3. The van der Waals surface area contributed by atoms with Crippen molar-refractivity contribution in [3.8, 4) is 0 Å². The molecule has 1 aromatic carbocycles. The average molecular weight is 380 g/mol. The van der Waals surface area contributed by atoms with E-state index in [1.807, 2.05) is 13.0 Å². The Bertz CT molecular complexity index is 1130. The summed E-state index contributed by atoms with van der Waals surface area (Å²) in [6.45, 7) is 6.60. The van der Waals surface area contributed by atoms with Crippen LogP contribution in [0.2, 0.25) is 0 Å². The van der Waals surface area contributed by atoms with Crippen LogP contribution in [0.15, 0.2) is 46.2 Å². The van der Waals surface area contributed by atoms with E-state index in [1.165, 1.54) is 22.9 Å². The van der Waals surface area contributed by atoms with Crippen LogP contribution in [0.5, 0.6) is 0 Å². The van der Waals surface area contributed by atoms with Gasteiger partial charge < -0.3 is 9.73 Å². The van der Waals surface area contributed by atoms with E-state index in [1.54, 1.807) is 12.3 Å². The van der Waals surface area contributed by atoms with Crippen LogP contribution >= 0.6 is 11.8 Å². The highest BCUT2D eigenvalue weighted by Gasteiger charge is 2.15. The lowest BCUT2D eigenvalue weighted by molar-refractivity contribution is -0.118. The minimum Gasteiger partial charge on any atom is -0.467 e. The number of carbonyl (C=O) groups excluding carboxylic acids is 1. The molecule has 3 aromatic heterocycles. The number of thioether (sulfide) groups is 1. The Hall–Kier alpha value is -2.80. The molecule has 6 nitrogen and oxygen atoms in total. The second kappa shape index (κ2) is 7.08. The fourth-order valence-electron chi connectivity index (χ4n) is 3.31. The van der Waals surface area contributed by atoms with Gasteiger partial charge in [-0.05, 0) is 61.5 Å². The lowest BCUT2D eigenvalue weighted by Gasteiger charge is -2.10. The fraction of sp³-hybridized carbons (Fsp3) is 0.250. The number of aryl methyl sites for hydroxylation is 3. The SMILES string of the molecule is Cc1cc(C)c2c(c1)cc(C)c1nnc(SCC(=O)NCc3ccco3)n12. The zero-order valence-electron chi connectivity index (χ0n) is 15.4. The highest BCUT2D eigenvalue weighted by Crippen LogP contribution is 2.28. The Morgan fingerprint density at radius 2 is 2.04 bits per heavy atom. The minimum atomic E-state index is -0.0716. The zero-order chi connectivity index (χ0) is 19.0. The molecule has 0 saturated heterocycles. The van der Waals surface area contributed by atoms with E-state index >= 15 is 0 Å². The van der Waals surface area contributed by atoms with Crippen molar-refractivity contribution in [1.82, 2.24) is 19.9 Å². The van der Waals surface area contributed by atoms with Crippen molar-refractivity contribution in [2.45, 2.75) is 32.5 Å². The van der Waals surface area contributed by atoms with Gasteiger partial charge in [-0.25, -0.2) is 0 Å². The molecule has 4 rings (SSSR count). The summed E-state index contributed by atoms with van der Waals surface area (Å²) in [7, 11) is 0. The molecule has 0 aliphatic heterocycles. The number of nitrogens with zero attached hydrogens (tertiary/aromatic N) is 3. The molecule has 0 aliphatic carbocycles. The highest BCUT2D eigenvalue weighted by atomic mass is 32.2. The number of furan rings is 1. The first-order valence-corrected chi connectivity index (χ1v) is 9.69. The van der Waals surface area contributed by atoms with Crippen LogP contribution < -0.4 is 5.32 Å². The lowest BCUT2D eigenvalue weighted by Crippen LogP contribution is -2.24. The number of hydrogen-bond donors (Lipinski definition) is 1. The molecule has 0 bridgehead atoms. The molecule has 4 aromatic rings.